The largest absolute Gasteiger partial charge is 0.304 e. The van der Waals surface area contributed by atoms with Crippen LogP contribution >= 0.6 is 0 Å². The Morgan fingerprint density at radius 3 is 2.38 bits per heavy atom. The smallest absolute Gasteiger partial charge is 0.280 e. The van der Waals surface area contributed by atoms with Crippen LogP contribution in [0.1, 0.15) is 25.6 Å². The number of nitrogens with one attached hydrogen (secondary N) is 1. The predicted molar refractivity (Wildman–Crippen MR) is 82.9 cm³/mol. The molecule has 1 atom stereocenters. The number of piperazine rings is 1. The van der Waals surface area contributed by atoms with Crippen molar-refractivity contribution in [2.75, 3.05) is 33.2 Å². The Bertz CT molecular complexity index is 539. The Morgan fingerprint density at radius 2 is 1.86 bits per heavy atom. The Labute approximate surface area is 127 Å². The zero-order chi connectivity index (χ0) is 15.5. The number of hydrogen-bond donors (Lipinski definition) is 1. The van der Waals surface area contributed by atoms with E-state index in [1.165, 1.54) is 4.31 Å². The Balaban J connectivity index is 2.13. The molecule has 7 heteroatoms. The van der Waals surface area contributed by atoms with E-state index in [1.807, 2.05) is 39.1 Å². The van der Waals surface area contributed by atoms with Crippen LogP contribution in [0.5, 0.6) is 0 Å². The second kappa shape index (κ2) is 6.83. The average Bonchev–Trinajstić information content (AvgIpc) is 2.46. The molecule has 1 aromatic rings. The van der Waals surface area contributed by atoms with Gasteiger partial charge in [0, 0.05) is 32.4 Å². The third-order valence-electron chi connectivity index (χ3n) is 3.75. The zero-order valence-electron chi connectivity index (χ0n) is 12.9. The van der Waals surface area contributed by atoms with Gasteiger partial charge in [-0.05, 0) is 25.1 Å². The summed E-state index contributed by atoms with van der Waals surface area (Å²) in [7, 11) is -1.48. The fourth-order valence-corrected chi connectivity index (χ4v) is 3.87. The second-order valence-corrected chi connectivity index (χ2v) is 7.50. The van der Waals surface area contributed by atoms with Crippen molar-refractivity contribution < 1.29 is 8.42 Å². The summed E-state index contributed by atoms with van der Waals surface area (Å²) in [5.41, 5.74) is 0.755. The summed E-state index contributed by atoms with van der Waals surface area (Å²) in [6, 6.07) is 5.25. The lowest BCUT2D eigenvalue weighted by molar-refractivity contribution is 0.219. The van der Waals surface area contributed by atoms with Gasteiger partial charge in [0.25, 0.3) is 10.2 Å². The summed E-state index contributed by atoms with van der Waals surface area (Å²) in [5, 5.41) is 0. The van der Waals surface area contributed by atoms with Crippen molar-refractivity contribution in [1.82, 2.24) is 18.9 Å². The van der Waals surface area contributed by atoms with Gasteiger partial charge in [-0.25, -0.2) is 0 Å². The highest BCUT2D eigenvalue weighted by molar-refractivity contribution is 7.87. The van der Waals surface area contributed by atoms with Crippen LogP contribution in [0.3, 0.4) is 0 Å². The van der Waals surface area contributed by atoms with Crippen LogP contribution < -0.4 is 4.72 Å². The van der Waals surface area contributed by atoms with Gasteiger partial charge < -0.3 is 4.90 Å². The van der Waals surface area contributed by atoms with Gasteiger partial charge in [0.2, 0.25) is 0 Å². The fraction of sp³-hybridized carbons (Fsp3) is 0.643. The molecule has 118 valence electrons. The van der Waals surface area contributed by atoms with Gasteiger partial charge in [-0.15, -0.1) is 0 Å². The number of nitrogens with zero attached hydrogens (tertiary/aromatic N) is 3. The van der Waals surface area contributed by atoms with Crippen molar-refractivity contribution in [3.05, 3.63) is 30.1 Å². The minimum absolute atomic E-state index is 0.127. The fourth-order valence-electron chi connectivity index (χ4n) is 2.36. The molecule has 2 rings (SSSR count). The molecule has 0 unspecified atom stereocenters. The molecule has 2 heterocycles. The Kier molecular flexibility index (Phi) is 5.32. The molecule has 1 saturated heterocycles. The first-order valence-corrected chi connectivity index (χ1v) is 8.71. The SMILES string of the molecule is CC(C)[C@@H](NS(=O)(=O)N1CCN(C)CC1)c1ccccn1. The Hall–Kier alpha value is -1.02. The topological polar surface area (TPSA) is 65.5 Å². The highest BCUT2D eigenvalue weighted by Crippen LogP contribution is 2.21. The number of hydrogen-bond acceptors (Lipinski definition) is 4. The van der Waals surface area contributed by atoms with Crippen molar-refractivity contribution in [2.24, 2.45) is 5.92 Å². The summed E-state index contributed by atoms with van der Waals surface area (Å²) < 4.78 is 29.4. The van der Waals surface area contributed by atoms with Crippen molar-refractivity contribution in [1.29, 1.82) is 0 Å². The van der Waals surface area contributed by atoms with Gasteiger partial charge in [0.15, 0.2) is 0 Å². The predicted octanol–water partition coefficient (Wildman–Crippen LogP) is 0.861. The molecule has 1 N–H and O–H groups in total. The highest BCUT2D eigenvalue weighted by Gasteiger charge is 2.30. The van der Waals surface area contributed by atoms with E-state index in [9.17, 15) is 8.42 Å². The monoisotopic (exact) mass is 312 g/mol. The molecule has 0 spiro atoms. The normalized spacial score (nSPS) is 19.8. The average molecular weight is 312 g/mol. The lowest BCUT2D eigenvalue weighted by Gasteiger charge is -2.33. The minimum atomic E-state index is -3.48. The summed E-state index contributed by atoms with van der Waals surface area (Å²) in [4.78, 5) is 6.42. The van der Waals surface area contributed by atoms with Gasteiger partial charge in [0.1, 0.15) is 0 Å². The highest BCUT2D eigenvalue weighted by atomic mass is 32.2. The first-order chi connectivity index (χ1) is 9.90. The third-order valence-corrected chi connectivity index (χ3v) is 5.35. The van der Waals surface area contributed by atoms with Gasteiger partial charge in [0.05, 0.1) is 11.7 Å². The molecule has 1 aliphatic rings. The van der Waals surface area contributed by atoms with E-state index in [0.29, 0.717) is 13.1 Å². The molecule has 0 aliphatic carbocycles. The van der Waals surface area contributed by atoms with Gasteiger partial charge in [-0.2, -0.15) is 17.4 Å². The van der Waals surface area contributed by atoms with Crippen LogP contribution in [0.4, 0.5) is 0 Å². The molecule has 21 heavy (non-hydrogen) atoms. The molecular formula is C14H24N4O2S. The van der Waals surface area contributed by atoms with Crippen molar-refractivity contribution in [3.63, 3.8) is 0 Å². The van der Waals surface area contributed by atoms with E-state index in [-0.39, 0.29) is 12.0 Å². The van der Waals surface area contributed by atoms with Gasteiger partial charge in [-0.1, -0.05) is 19.9 Å². The maximum Gasteiger partial charge on any atom is 0.280 e. The number of likely N-dealkylation sites (N-methyl/N-ethyl adjacent to an activating group) is 1. The van der Waals surface area contributed by atoms with E-state index in [0.717, 1.165) is 18.8 Å². The quantitative estimate of drug-likeness (QED) is 0.876. The molecule has 1 aliphatic heterocycles. The van der Waals surface area contributed by atoms with Crippen molar-refractivity contribution in [3.8, 4) is 0 Å². The van der Waals surface area contributed by atoms with Crippen LogP contribution in [0.2, 0.25) is 0 Å². The maximum absolute atomic E-state index is 12.5. The van der Waals surface area contributed by atoms with Crippen LogP contribution in [0, 0.1) is 5.92 Å². The minimum Gasteiger partial charge on any atom is -0.304 e. The van der Waals surface area contributed by atoms with Crippen LogP contribution in [-0.4, -0.2) is 55.8 Å². The standard InChI is InChI=1S/C14H24N4O2S/c1-12(2)14(13-6-4-5-7-15-13)16-21(19,20)18-10-8-17(3)9-11-18/h4-7,12,14,16H,8-11H2,1-3H3/t14-/m1/s1. The first-order valence-electron chi connectivity index (χ1n) is 7.27. The molecule has 0 aromatic carbocycles. The van der Waals surface area contributed by atoms with Gasteiger partial charge >= 0.3 is 0 Å². The molecule has 0 amide bonds. The lowest BCUT2D eigenvalue weighted by atomic mass is 10.0. The number of aromatic nitrogens is 1. The van der Waals surface area contributed by atoms with Crippen LogP contribution in [-0.2, 0) is 10.2 Å². The van der Waals surface area contributed by atoms with E-state index >= 15 is 0 Å². The zero-order valence-corrected chi connectivity index (χ0v) is 13.7. The second-order valence-electron chi connectivity index (χ2n) is 5.80. The van der Waals surface area contributed by atoms with E-state index in [2.05, 4.69) is 14.6 Å². The maximum atomic E-state index is 12.5. The summed E-state index contributed by atoms with van der Waals surface area (Å²) in [6.07, 6.45) is 1.69. The molecule has 1 fully saturated rings. The van der Waals surface area contributed by atoms with Crippen molar-refractivity contribution in [2.45, 2.75) is 19.9 Å². The lowest BCUT2D eigenvalue weighted by Crippen LogP contribution is -2.51. The molecule has 0 saturated carbocycles. The first kappa shape index (κ1) is 16.4. The molecule has 1 aromatic heterocycles. The summed E-state index contributed by atoms with van der Waals surface area (Å²) >= 11 is 0. The van der Waals surface area contributed by atoms with Crippen molar-refractivity contribution >= 4 is 10.2 Å². The van der Waals surface area contributed by atoms with Crippen LogP contribution in [0.15, 0.2) is 24.4 Å². The number of pyridine rings is 1. The summed E-state index contributed by atoms with van der Waals surface area (Å²) in [5.74, 6) is 0.127. The van der Waals surface area contributed by atoms with Gasteiger partial charge in [-0.3, -0.25) is 4.98 Å². The van der Waals surface area contributed by atoms with E-state index in [1.54, 1.807) is 6.20 Å². The molecule has 6 nitrogen and oxygen atoms in total. The molecule has 0 radical (unpaired) electrons. The van der Waals surface area contributed by atoms with E-state index in [4.69, 9.17) is 0 Å². The number of rotatable bonds is 5. The Morgan fingerprint density at radius 1 is 1.19 bits per heavy atom. The molecule has 0 bridgehead atoms. The summed E-state index contributed by atoms with van der Waals surface area (Å²) in [6.45, 7) is 6.56. The molecular weight excluding hydrogens is 288 g/mol. The third kappa shape index (κ3) is 4.23. The van der Waals surface area contributed by atoms with Crippen LogP contribution in [0.25, 0.3) is 0 Å². The van der Waals surface area contributed by atoms with E-state index < -0.39 is 10.2 Å².